The van der Waals surface area contributed by atoms with E-state index in [2.05, 4.69) is 19.2 Å². The van der Waals surface area contributed by atoms with Gasteiger partial charge in [0.05, 0.1) is 0 Å². The Labute approximate surface area is 209 Å². The fourth-order valence-corrected chi connectivity index (χ4v) is 5.48. The van der Waals surface area contributed by atoms with Crippen molar-refractivity contribution in [2.45, 2.75) is 78.2 Å². The number of hydrogen-bond donors (Lipinski definition) is 1. The van der Waals surface area contributed by atoms with Crippen LogP contribution in [0.15, 0.2) is 77.1 Å². The number of nitrogens with one attached hydrogen (secondary N) is 1. The molecule has 0 aromatic heterocycles. The van der Waals surface area contributed by atoms with Gasteiger partial charge >= 0.3 is 0 Å². The van der Waals surface area contributed by atoms with E-state index in [4.69, 9.17) is 4.74 Å². The number of ether oxygens (including phenoxy) is 1. The van der Waals surface area contributed by atoms with Gasteiger partial charge in [0.2, 0.25) is 0 Å². The second-order valence-electron chi connectivity index (χ2n) is 9.77. The van der Waals surface area contributed by atoms with Crippen LogP contribution in [0.3, 0.4) is 0 Å². The van der Waals surface area contributed by atoms with Gasteiger partial charge < -0.3 is 10.1 Å². The maximum absolute atomic E-state index is 13.8. The fourth-order valence-electron chi connectivity index (χ4n) is 5.48. The molecular formula is C31H37NO3. The number of carbonyl (C=O) groups excluding carboxylic acids is 2. The van der Waals surface area contributed by atoms with Gasteiger partial charge in [0.25, 0.3) is 0 Å². The summed E-state index contributed by atoms with van der Waals surface area (Å²) in [6.07, 6.45) is 5.79. The van der Waals surface area contributed by atoms with Crippen molar-refractivity contribution in [1.82, 2.24) is 5.32 Å². The van der Waals surface area contributed by atoms with Crippen LogP contribution in [0, 0.1) is 5.92 Å². The Morgan fingerprint density at radius 3 is 2.54 bits per heavy atom. The maximum Gasteiger partial charge on any atom is 0.161 e. The van der Waals surface area contributed by atoms with Crippen molar-refractivity contribution in [3.05, 3.63) is 88.3 Å². The van der Waals surface area contributed by atoms with Gasteiger partial charge in [-0.05, 0) is 37.3 Å². The molecule has 1 aliphatic carbocycles. The van der Waals surface area contributed by atoms with Gasteiger partial charge in [-0.3, -0.25) is 9.59 Å². The molecule has 2 unspecified atom stereocenters. The first-order valence-electron chi connectivity index (χ1n) is 13.1. The van der Waals surface area contributed by atoms with Gasteiger partial charge in [-0.1, -0.05) is 81.6 Å². The fraction of sp³-hybridized carbons (Fsp3) is 0.419. The number of allylic oxidation sites excluding steroid dienone is 4. The number of rotatable bonds is 10. The second-order valence-corrected chi connectivity index (χ2v) is 9.77. The second kappa shape index (κ2) is 11.5. The van der Waals surface area contributed by atoms with E-state index >= 15 is 0 Å². The molecule has 0 saturated carbocycles. The van der Waals surface area contributed by atoms with Gasteiger partial charge in [0.15, 0.2) is 11.6 Å². The number of benzene rings is 2. The Balaban J connectivity index is 1.75. The van der Waals surface area contributed by atoms with E-state index in [1.807, 2.05) is 61.5 Å². The van der Waals surface area contributed by atoms with Crippen LogP contribution >= 0.6 is 0 Å². The largest absolute Gasteiger partial charge is 0.489 e. The van der Waals surface area contributed by atoms with E-state index in [1.165, 1.54) is 0 Å². The van der Waals surface area contributed by atoms with Crippen LogP contribution in [0.5, 0.6) is 5.75 Å². The van der Waals surface area contributed by atoms with E-state index in [0.717, 1.165) is 71.5 Å². The van der Waals surface area contributed by atoms with Crippen LogP contribution in [0.1, 0.15) is 82.8 Å². The number of Topliss-reactive ketones (excluding diaryl/α,β-unsaturated/α-hetero) is 2. The molecule has 2 aliphatic rings. The predicted molar refractivity (Wildman–Crippen MR) is 140 cm³/mol. The van der Waals surface area contributed by atoms with Gasteiger partial charge in [-0.15, -0.1) is 0 Å². The van der Waals surface area contributed by atoms with Crippen LogP contribution in [-0.2, 0) is 16.2 Å². The summed E-state index contributed by atoms with van der Waals surface area (Å²) < 4.78 is 6.31. The standard InChI is InChI=1S/C31H37NO3/c1-4-12-22(5-2)19-27(34)29-21(3)32-25-16-11-17-26(33)31(25)30(29)24-15-9-10-18-28(24)35-20-23-13-7-6-8-14-23/h6-10,13-15,18,22,30,32H,4-5,11-12,16-17,19-20H2,1-3H3. The molecule has 2 aromatic carbocycles. The Hall–Kier alpha value is -3.14. The minimum atomic E-state index is -0.391. The highest BCUT2D eigenvalue weighted by Gasteiger charge is 2.39. The first-order valence-corrected chi connectivity index (χ1v) is 13.1. The van der Waals surface area contributed by atoms with Crippen molar-refractivity contribution < 1.29 is 14.3 Å². The summed E-state index contributed by atoms with van der Waals surface area (Å²) in [6, 6.07) is 18.0. The smallest absolute Gasteiger partial charge is 0.161 e. The molecule has 35 heavy (non-hydrogen) atoms. The lowest BCUT2D eigenvalue weighted by molar-refractivity contribution is -0.117. The lowest BCUT2D eigenvalue weighted by atomic mass is 9.73. The van der Waals surface area contributed by atoms with Crippen LogP contribution < -0.4 is 10.1 Å². The first kappa shape index (κ1) is 25.0. The third-order valence-corrected chi connectivity index (χ3v) is 7.29. The average molecular weight is 472 g/mol. The lowest BCUT2D eigenvalue weighted by Gasteiger charge is -2.35. The summed E-state index contributed by atoms with van der Waals surface area (Å²) in [7, 11) is 0. The minimum absolute atomic E-state index is 0.139. The molecule has 0 saturated heterocycles. The first-order chi connectivity index (χ1) is 17.0. The molecule has 184 valence electrons. The zero-order valence-corrected chi connectivity index (χ0v) is 21.2. The molecule has 1 N–H and O–H groups in total. The normalized spacial score (nSPS) is 18.7. The van der Waals surface area contributed by atoms with E-state index in [-0.39, 0.29) is 11.6 Å². The Kier molecular flexibility index (Phi) is 8.22. The number of carbonyl (C=O) groups is 2. The zero-order valence-electron chi connectivity index (χ0n) is 21.2. The SMILES string of the molecule is CCCC(CC)CC(=O)C1=C(C)NC2=C(C(=O)CCC2)C1c1ccccc1OCc1ccccc1. The molecule has 1 heterocycles. The molecule has 0 bridgehead atoms. The quantitative estimate of drug-likeness (QED) is 0.405. The topological polar surface area (TPSA) is 55.4 Å². The molecule has 2 atom stereocenters. The van der Waals surface area contributed by atoms with Crippen LogP contribution in [-0.4, -0.2) is 11.6 Å². The third-order valence-electron chi connectivity index (χ3n) is 7.29. The lowest BCUT2D eigenvalue weighted by Crippen LogP contribution is -2.34. The average Bonchev–Trinajstić information content (AvgIpc) is 2.87. The molecule has 2 aromatic rings. The number of hydrogen-bond acceptors (Lipinski definition) is 4. The summed E-state index contributed by atoms with van der Waals surface area (Å²) in [5.41, 5.74) is 5.30. The van der Waals surface area contributed by atoms with Crippen molar-refractivity contribution in [3.63, 3.8) is 0 Å². The summed E-state index contributed by atoms with van der Waals surface area (Å²) in [4.78, 5) is 27.1. The molecule has 4 rings (SSSR count). The Morgan fingerprint density at radius 2 is 1.80 bits per heavy atom. The van der Waals surface area contributed by atoms with Crippen molar-refractivity contribution in [2.24, 2.45) is 5.92 Å². The molecule has 0 fully saturated rings. The molecule has 1 aliphatic heterocycles. The predicted octanol–water partition coefficient (Wildman–Crippen LogP) is 7.02. The van der Waals surface area contributed by atoms with Gasteiger partial charge in [-0.2, -0.15) is 0 Å². The summed E-state index contributed by atoms with van der Waals surface area (Å²) in [6.45, 7) is 6.74. The molecular weight excluding hydrogens is 434 g/mol. The zero-order chi connectivity index (χ0) is 24.8. The Bertz CT molecular complexity index is 1130. The van der Waals surface area contributed by atoms with Crippen molar-refractivity contribution in [1.29, 1.82) is 0 Å². The van der Waals surface area contributed by atoms with E-state index in [9.17, 15) is 9.59 Å². The van der Waals surface area contributed by atoms with Crippen molar-refractivity contribution >= 4 is 11.6 Å². The van der Waals surface area contributed by atoms with Crippen molar-refractivity contribution in [3.8, 4) is 5.75 Å². The van der Waals surface area contributed by atoms with Crippen molar-refractivity contribution in [2.75, 3.05) is 0 Å². The highest BCUT2D eigenvalue weighted by Crippen LogP contribution is 2.46. The maximum atomic E-state index is 13.8. The Morgan fingerprint density at radius 1 is 1.06 bits per heavy atom. The molecule has 0 spiro atoms. The number of para-hydroxylation sites is 1. The van der Waals surface area contributed by atoms with Crippen LogP contribution in [0.4, 0.5) is 0 Å². The van der Waals surface area contributed by atoms with E-state index in [1.54, 1.807) is 0 Å². The summed E-state index contributed by atoms with van der Waals surface area (Å²) in [5, 5.41) is 3.46. The van der Waals surface area contributed by atoms with Crippen LogP contribution in [0.25, 0.3) is 0 Å². The summed E-state index contributed by atoms with van der Waals surface area (Å²) in [5.74, 6) is 0.975. The van der Waals surface area contributed by atoms with Gasteiger partial charge in [0, 0.05) is 46.9 Å². The van der Waals surface area contributed by atoms with E-state index < -0.39 is 5.92 Å². The van der Waals surface area contributed by atoms with Gasteiger partial charge in [-0.25, -0.2) is 0 Å². The highest BCUT2D eigenvalue weighted by atomic mass is 16.5. The molecule has 0 radical (unpaired) electrons. The third kappa shape index (κ3) is 5.58. The molecule has 4 nitrogen and oxygen atoms in total. The number of dihydropyridines is 1. The van der Waals surface area contributed by atoms with Gasteiger partial charge in [0.1, 0.15) is 12.4 Å². The monoisotopic (exact) mass is 471 g/mol. The highest BCUT2D eigenvalue weighted by molar-refractivity contribution is 6.06. The summed E-state index contributed by atoms with van der Waals surface area (Å²) >= 11 is 0. The molecule has 4 heteroatoms. The minimum Gasteiger partial charge on any atom is -0.489 e. The molecule has 0 amide bonds. The van der Waals surface area contributed by atoms with Crippen LogP contribution in [0.2, 0.25) is 0 Å². The number of ketones is 2. The van der Waals surface area contributed by atoms with E-state index in [0.29, 0.717) is 25.4 Å².